The second-order valence-electron chi connectivity index (χ2n) is 6.53. The summed E-state index contributed by atoms with van der Waals surface area (Å²) in [5, 5.41) is 19.6. The van der Waals surface area contributed by atoms with E-state index in [-0.39, 0.29) is 0 Å². The Morgan fingerprint density at radius 2 is 2.00 bits per heavy atom. The van der Waals surface area contributed by atoms with Gasteiger partial charge in [-0.05, 0) is 37.0 Å². The van der Waals surface area contributed by atoms with Crippen LogP contribution in [0.5, 0.6) is 0 Å². The molecule has 1 aromatic rings. The van der Waals surface area contributed by atoms with Crippen molar-refractivity contribution in [3.8, 4) is 0 Å². The summed E-state index contributed by atoms with van der Waals surface area (Å²) in [6, 6.07) is 7.12. The lowest BCUT2D eigenvalue weighted by Gasteiger charge is -2.47. The molecular weight excluding hydrogens is 266 g/mol. The first-order valence-corrected chi connectivity index (χ1v) is 7.84. The molecule has 0 amide bonds. The second-order valence-corrected chi connectivity index (χ2v) is 6.53. The third kappa shape index (κ3) is 3.11. The zero-order chi connectivity index (χ0) is 14.9. The number of hydrogen-bond acceptors (Lipinski definition) is 3. The average molecular weight is 289 g/mol. The summed E-state index contributed by atoms with van der Waals surface area (Å²) in [7, 11) is 0. The molecule has 1 heterocycles. The van der Waals surface area contributed by atoms with E-state index in [2.05, 4.69) is 4.90 Å². The topological polar surface area (TPSA) is 60.8 Å². The van der Waals surface area contributed by atoms with Gasteiger partial charge >= 0.3 is 5.97 Å². The quantitative estimate of drug-likeness (QED) is 0.897. The van der Waals surface area contributed by atoms with Crippen LogP contribution in [0, 0.1) is 5.92 Å². The molecule has 3 rings (SSSR count). The van der Waals surface area contributed by atoms with Crippen LogP contribution in [-0.2, 0) is 6.54 Å². The van der Waals surface area contributed by atoms with Crippen LogP contribution in [0.1, 0.15) is 48.0 Å². The predicted molar refractivity (Wildman–Crippen MR) is 80.2 cm³/mol. The van der Waals surface area contributed by atoms with Crippen molar-refractivity contribution in [2.75, 3.05) is 13.1 Å². The number of nitrogens with zero attached hydrogens (tertiary/aromatic N) is 1. The van der Waals surface area contributed by atoms with Crippen LogP contribution in [0.15, 0.2) is 24.3 Å². The number of likely N-dealkylation sites (tertiary alicyclic amines) is 1. The maximum atomic E-state index is 10.9. The number of carboxylic acids is 1. The highest BCUT2D eigenvalue weighted by Crippen LogP contribution is 2.39. The van der Waals surface area contributed by atoms with Gasteiger partial charge in [-0.3, -0.25) is 4.90 Å². The monoisotopic (exact) mass is 289 g/mol. The lowest BCUT2D eigenvalue weighted by atomic mass is 9.71. The Labute approximate surface area is 125 Å². The number of rotatable bonds is 3. The van der Waals surface area contributed by atoms with Crippen LogP contribution in [0.2, 0.25) is 0 Å². The second kappa shape index (κ2) is 5.78. The van der Waals surface area contributed by atoms with Crippen molar-refractivity contribution in [3.05, 3.63) is 35.4 Å². The van der Waals surface area contributed by atoms with Crippen molar-refractivity contribution in [3.63, 3.8) is 0 Å². The van der Waals surface area contributed by atoms with Crippen molar-refractivity contribution in [1.82, 2.24) is 4.90 Å². The van der Waals surface area contributed by atoms with E-state index in [9.17, 15) is 9.90 Å². The molecule has 2 fully saturated rings. The van der Waals surface area contributed by atoms with Gasteiger partial charge in [0.2, 0.25) is 0 Å². The number of carboxylic acid groups (broad SMARTS) is 1. The Morgan fingerprint density at radius 1 is 1.24 bits per heavy atom. The third-order valence-corrected chi connectivity index (χ3v) is 5.12. The van der Waals surface area contributed by atoms with Gasteiger partial charge < -0.3 is 10.2 Å². The van der Waals surface area contributed by atoms with Crippen molar-refractivity contribution in [2.24, 2.45) is 5.92 Å². The normalized spacial score (nSPS) is 29.9. The molecule has 4 nitrogen and oxygen atoms in total. The van der Waals surface area contributed by atoms with E-state index in [1.165, 1.54) is 6.42 Å². The number of hydrogen-bond donors (Lipinski definition) is 2. The zero-order valence-electron chi connectivity index (χ0n) is 12.3. The first kappa shape index (κ1) is 14.5. The molecule has 2 aliphatic rings. The fraction of sp³-hybridized carbons (Fsp3) is 0.588. The Hall–Kier alpha value is -1.39. The molecule has 4 heteroatoms. The first-order valence-electron chi connectivity index (χ1n) is 7.84. The highest BCUT2D eigenvalue weighted by molar-refractivity contribution is 5.87. The van der Waals surface area contributed by atoms with E-state index >= 15 is 0 Å². The fourth-order valence-electron chi connectivity index (χ4n) is 3.79. The number of carbonyl (C=O) groups is 1. The van der Waals surface area contributed by atoms with Gasteiger partial charge in [-0.2, -0.15) is 0 Å². The Kier molecular flexibility index (Phi) is 4.00. The van der Waals surface area contributed by atoms with Crippen LogP contribution >= 0.6 is 0 Å². The molecule has 2 atom stereocenters. The molecule has 2 unspecified atom stereocenters. The average Bonchev–Trinajstić information content (AvgIpc) is 2.48. The van der Waals surface area contributed by atoms with Crippen LogP contribution in [0.25, 0.3) is 0 Å². The summed E-state index contributed by atoms with van der Waals surface area (Å²) in [4.78, 5) is 13.2. The Bertz CT molecular complexity index is 513. The molecule has 1 aromatic carbocycles. The summed E-state index contributed by atoms with van der Waals surface area (Å²) in [5.41, 5.74) is 1.04. The molecule has 0 aromatic heterocycles. The number of piperidine rings is 1. The van der Waals surface area contributed by atoms with Gasteiger partial charge in [0, 0.05) is 25.6 Å². The summed E-state index contributed by atoms with van der Waals surface area (Å²) in [6.45, 7) is 2.72. The van der Waals surface area contributed by atoms with E-state index in [0.29, 0.717) is 11.5 Å². The van der Waals surface area contributed by atoms with Gasteiger partial charge in [-0.15, -0.1) is 0 Å². The molecule has 1 saturated carbocycles. The van der Waals surface area contributed by atoms with Crippen molar-refractivity contribution >= 4 is 5.97 Å². The standard InChI is InChI=1S/C17H23NO3/c19-16(20)14-6-4-13(5-7-14)11-18-10-9-17(21)8-2-1-3-15(17)12-18/h4-7,15,21H,1-3,8-12H2,(H,19,20). The molecule has 0 spiro atoms. The molecule has 0 bridgehead atoms. The summed E-state index contributed by atoms with van der Waals surface area (Å²) in [5.74, 6) is -0.481. The highest BCUT2D eigenvalue weighted by Gasteiger charge is 2.42. The number of fused-ring (bicyclic) bond motifs is 1. The van der Waals surface area contributed by atoms with Gasteiger partial charge in [-0.1, -0.05) is 25.0 Å². The van der Waals surface area contributed by atoms with E-state index in [1.807, 2.05) is 12.1 Å². The van der Waals surface area contributed by atoms with Gasteiger partial charge in [0.25, 0.3) is 0 Å². The molecule has 21 heavy (non-hydrogen) atoms. The van der Waals surface area contributed by atoms with Crippen LogP contribution in [0.3, 0.4) is 0 Å². The molecular formula is C17H23NO3. The molecule has 2 N–H and O–H groups in total. The molecule has 1 saturated heterocycles. The van der Waals surface area contributed by atoms with Gasteiger partial charge in [0.15, 0.2) is 0 Å². The van der Waals surface area contributed by atoms with Crippen molar-refractivity contribution in [1.29, 1.82) is 0 Å². The third-order valence-electron chi connectivity index (χ3n) is 5.12. The van der Waals surface area contributed by atoms with Crippen LogP contribution < -0.4 is 0 Å². The largest absolute Gasteiger partial charge is 0.478 e. The van der Waals surface area contributed by atoms with Crippen molar-refractivity contribution < 1.29 is 15.0 Å². The van der Waals surface area contributed by atoms with Gasteiger partial charge in [0.05, 0.1) is 11.2 Å². The van der Waals surface area contributed by atoms with E-state index in [0.717, 1.165) is 50.9 Å². The Morgan fingerprint density at radius 3 is 2.71 bits per heavy atom. The minimum absolute atomic E-state index is 0.332. The fourth-order valence-corrected chi connectivity index (χ4v) is 3.79. The number of benzene rings is 1. The molecule has 114 valence electrons. The van der Waals surface area contributed by atoms with Crippen LogP contribution in [-0.4, -0.2) is 39.8 Å². The summed E-state index contributed by atoms with van der Waals surface area (Å²) in [6.07, 6.45) is 5.34. The van der Waals surface area contributed by atoms with Crippen LogP contribution in [0.4, 0.5) is 0 Å². The minimum atomic E-state index is -0.883. The van der Waals surface area contributed by atoms with Gasteiger partial charge in [-0.25, -0.2) is 4.79 Å². The smallest absolute Gasteiger partial charge is 0.335 e. The minimum Gasteiger partial charge on any atom is -0.478 e. The SMILES string of the molecule is O=C(O)c1ccc(CN2CCC3(O)CCCCC3C2)cc1. The highest BCUT2D eigenvalue weighted by atomic mass is 16.4. The number of aliphatic hydroxyl groups is 1. The van der Waals surface area contributed by atoms with Gasteiger partial charge in [0.1, 0.15) is 0 Å². The maximum Gasteiger partial charge on any atom is 0.335 e. The summed E-state index contributed by atoms with van der Waals surface area (Å²) < 4.78 is 0. The molecule has 1 aliphatic heterocycles. The lowest BCUT2D eigenvalue weighted by molar-refractivity contribution is -0.0967. The maximum absolute atomic E-state index is 10.9. The lowest BCUT2D eigenvalue weighted by Crippen LogP contribution is -2.52. The molecule has 1 aliphatic carbocycles. The molecule has 0 radical (unpaired) electrons. The van der Waals surface area contributed by atoms with E-state index < -0.39 is 11.6 Å². The number of aromatic carboxylic acids is 1. The van der Waals surface area contributed by atoms with E-state index in [4.69, 9.17) is 5.11 Å². The zero-order valence-corrected chi connectivity index (χ0v) is 12.3. The summed E-state index contributed by atoms with van der Waals surface area (Å²) >= 11 is 0. The first-order chi connectivity index (χ1) is 10.1. The predicted octanol–water partition coefficient (Wildman–Crippen LogP) is 2.51. The Balaban J connectivity index is 1.62. The van der Waals surface area contributed by atoms with E-state index in [1.54, 1.807) is 12.1 Å². The van der Waals surface area contributed by atoms with Crippen molar-refractivity contribution in [2.45, 2.75) is 44.2 Å².